The van der Waals surface area contributed by atoms with Gasteiger partial charge < -0.3 is 0 Å². The Morgan fingerprint density at radius 3 is 2.55 bits per heavy atom. The van der Waals surface area contributed by atoms with Crippen LogP contribution >= 0.6 is 22.6 Å². The average Bonchev–Trinajstić information content (AvgIpc) is 2.06. The minimum atomic E-state index is 0.635. The predicted octanol–water partition coefficient (Wildman–Crippen LogP) is 3.17. The molecule has 0 aromatic heterocycles. The van der Waals surface area contributed by atoms with Crippen LogP contribution in [0.3, 0.4) is 0 Å². The molecule has 0 saturated heterocycles. The first kappa shape index (κ1) is 9.30. The molecule has 0 nitrogen and oxygen atoms in total. The van der Waals surface area contributed by atoms with Gasteiger partial charge in [-0.1, -0.05) is 0 Å². The maximum absolute atomic E-state index is 2.40. The van der Waals surface area contributed by atoms with E-state index in [-0.39, 0.29) is 0 Å². The van der Waals surface area contributed by atoms with Crippen LogP contribution in [0.15, 0.2) is 32.8 Å². The molecule has 0 spiro atoms. The first-order valence-corrected chi connectivity index (χ1v) is 6.94. The van der Waals surface area contributed by atoms with E-state index in [0.29, 0.717) is 15.0 Å². The van der Waals surface area contributed by atoms with Gasteiger partial charge in [-0.2, -0.15) is 0 Å². The molecule has 0 saturated carbocycles. The van der Waals surface area contributed by atoms with Gasteiger partial charge in [0.15, 0.2) is 0 Å². The van der Waals surface area contributed by atoms with Gasteiger partial charge in [0.1, 0.15) is 0 Å². The molecule has 0 unspecified atom stereocenters. The fourth-order valence-electron chi connectivity index (χ4n) is 0.739. The summed E-state index contributed by atoms with van der Waals surface area (Å²) in [6, 6.07) is 10.4. The molecule has 0 radical (unpaired) electrons. The van der Waals surface area contributed by atoms with Crippen molar-refractivity contribution in [3.8, 4) is 0 Å². The van der Waals surface area contributed by atoms with Gasteiger partial charge >= 0.3 is 87.8 Å². The van der Waals surface area contributed by atoms with E-state index >= 15 is 0 Å². The third kappa shape index (κ3) is 3.41. The molecule has 1 aromatic rings. The summed E-state index contributed by atoms with van der Waals surface area (Å²) in [6.45, 7) is 0. The third-order valence-corrected chi connectivity index (χ3v) is 4.94. The van der Waals surface area contributed by atoms with E-state index in [4.69, 9.17) is 0 Å². The summed E-state index contributed by atoms with van der Waals surface area (Å²) < 4.78 is 1.46. The number of hydrogen-bond acceptors (Lipinski definition) is 0. The number of hydrogen-bond donors (Lipinski definition) is 0. The van der Waals surface area contributed by atoms with E-state index in [1.54, 1.807) is 0 Å². The third-order valence-electron chi connectivity index (χ3n) is 1.27. The Morgan fingerprint density at radius 1 is 1.36 bits per heavy atom. The van der Waals surface area contributed by atoms with E-state index in [0.717, 1.165) is 0 Å². The monoisotopic (exact) mass is 324 g/mol. The van der Waals surface area contributed by atoms with Gasteiger partial charge in [-0.15, -0.1) is 0 Å². The Kier molecular flexibility index (Phi) is 4.19. The molecule has 0 aliphatic heterocycles. The molecule has 2 heteroatoms. The average molecular weight is 323 g/mol. The molecular weight excluding hydrogens is 314 g/mol. The van der Waals surface area contributed by atoms with Crippen LogP contribution in [-0.4, -0.2) is 15.0 Å². The van der Waals surface area contributed by atoms with Crippen molar-refractivity contribution in [3.05, 3.63) is 38.4 Å². The summed E-state index contributed by atoms with van der Waals surface area (Å²) in [4.78, 5) is 0. The topological polar surface area (TPSA) is 0 Å². The molecule has 11 heavy (non-hydrogen) atoms. The second-order valence-electron chi connectivity index (χ2n) is 2.06. The number of halogens is 1. The predicted molar refractivity (Wildman–Crippen MR) is 60.1 cm³/mol. The van der Waals surface area contributed by atoms with Gasteiger partial charge in [0.2, 0.25) is 0 Å². The van der Waals surface area contributed by atoms with Gasteiger partial charge in [-0.05, 0) is 0 Å². The first-order valence-electron chi connectivity index (χ1n) is 3.29. The van der Waals surface area contributed by atoms with Crippen LogP contribution in [-0.2, 0) is 0 Å². The van der Waals surface area contributed by atoms with Crippen molar-refractivity contribution < 1.29 is 0 Å². The zero-order valence-corrected chi connectivity index (χ0v) is 10.1. The molecule has 0 bridgehead atoms. The molecule has 0 aliphatic rings. The fourth-order valence-corrected chi connectivity index (χ4v) is 1.63. The van der Waals surface area contributed by atoms with Crippen LogP contribution in [0.2, 0.25) is 5.82 Å². The van der Waals surface area contributed by atoms with Crippen molar-refractivity contribution in [2.24, 2.45) is 0 Å². The standard InChI is InChI=1S/C9H9ISe/c1-11-9(10)7-8-5-3-2-4-6-8/h2-7H,1H3/b9-7-. The Labute approximate surface area is 87.4 Å². The molecule has 0 heterocycles. The van der Waals surface area contributed by atoms with Crippen molar-refractivity contribution in [1.82, 2.24) is 0 Å². The minimum absolute atomic E-state index is 0.635. The summed E-state index contributed by atoms with van der Waals surface area (Å²) in [6.07, 6.45) is 2.24. The molecule has 1 rings (SSSR count). The Balaban J connectivity index is 2.79. The van der Waals surface area contributed by atoms with E-state index in [1.807, 2.05) is 6.07 Å². The van der Waals surface area contributed by atoms with Gasteiger partial charge in [0.25, 0.3) is 0 Å². The Bertz CT molecular complexity index is 241. The summed E-state index contributed by atoms with van der Waals surface area (Å²) >= 11 is 3.03. The molecule has 58 valence electrons. The second kappa shape index (κ2) is 4.96. The van der Waals surface area contributed by atoms with Crippen molar-refractivity contribution in [2.75, 3.05) is 0 Å². The summed E-state index contributed by atoms with van der Waals surface area (Å²) in [7, 11) is 0. The second-order valence-corrected chi connectivity index (χ2v) is 6.65. The van der Waals surface area contributed by atoms with Gasteiger partial charge in [-0.25, -0.2) is 0 Å². The molecule has 0 aliphatic carbocycles. The van der Waals surface area contributed by atoms with Gasteiger partial charge in [-0.3, -0.25) is 0 Å². The van der Waals surface area contributed by atoms with Crippen molar-refractivity contribution in [3.63, 3.8) is 0 Å². The van der Waals surface area contributed by atoms with Crippen molar-refractivity contribution >= 4 is 43.6 Å². The molecule has 0 fully saturated rings. The SMILES string of the molecule is C[Se]/C(I)=C\c1ccccc1. The van der Waals surface area contributed by atoms with Gasteiger partial charge in [0.05, 0.1) is 0 Å². The molecule has 1 aromatic carbocycles. The normalized spacial score (nSPS) is 11.6. The Morgan fingerprint density at radius 2 is 2.00 bits per heavy atom. The first-order chi connectivity index (χ1) is 5.33. The Hall–Kier alpha value is 0.209. The molecule has 0 amide bonds. The zero-order valence-electron chi connectivity index (χ0n) is 6.25. The van der Waals surface area contributed by atoms with Crippen LogP contribution in [0.1, 0.15) is 5.56 Å². The van der Waals surface area contributed by atoms with E-state index in [9.17, 15) is 0 Å². The van der Waals surface area contributed by atoms with Crippen LogP contribution in [0.5, 0.6) is 0 Å². The van der Waals surface area contributed by atoms with E-state index in [2.05, 4.69) is 58.8 Å². The fraction of sp³-hybridized carbons (Fsp3) is 0.111. The van der Waals surface area contributed by atoms with E-state index in [1.165, 1.54) is 8.04 Å². The number of rotatable bonds is 2. The van der Waals surface area contributed by atoms with Crippen LogP contribution in [0, 0.1) is 0 Å². The quantitative estimate of drug-likeness (QED) is 0.579. The molecule has 0 atom stereocenters. The van der Waals surface area contributed by atoms with Crippen LogP contribution in [0.25, 0.3) is 6.08 Å². The van der Waals surface area contributed by atoms with E-state index < -0.39 is 0 Å². The van der Waals surface area contributed by atoms with Crippen molar-refractivity contribution in [1.29, 1.82) is 0 Å². The van der Waals surface area contributed by atoms with Crippen LogP contribution in [0.4, 0.5) is 0 Å². The molecule has 0 N–H and O–H groups in total. The number of benzene rings is 1. The summed E-state index contributed by atoms with van der Waals surface area (Å²) in [5.74, 6) is 2.23. The zero-order chi connectivity index (χ0) is 8.10. The maximum atomic E-state index is 2.40. The van der Waals surface area contributed by atoms with Gasteiger partial charge in [0, 0.05) is 0 Å². The van der Waals surface area contributed by atoms with Crippen LogP contribution < -0.4 is 0 Å². The summed E-state index contributed by atoms with van der Waals surface area (Å²) in [5, 5.41) is 0. The van der Waals surface area contributed by atoms with Crippen molar-refractivity contribution in [2.45, 2.75) is 5.82 Å². The summed E-state index contributed by atoms with van der Waals surface area (Å²) in [5.41, 5.74) is 1.31. The molecular formula is C9H9ISe.